The molecule has 3 rings (SSSR count). The fourth-order valence-corrected chi connectivity index (χ4v) is 4.28. The fraction of sp³-hybridized carbons (Fsp3) is 0.353. The van der Waals surface area contributed by atoms with Gasteiger partial charge in [0.1, 0.15) is 12.4 Å². The van der Waals surface area contributed by atoms with Crippen molar-refractivity contribution >= 4 is 33.5 Å². The summed E-state index contributed by atoms with van der Waals surface area (Å²) < 4.78 is 3.68. The number of rotatable bonds is 6. The minimum atomic E-state index is -0.987. The third kappa shape index (κ3) is 4.19. The summed E-state index contributed by atoms with van der Waals surface area (Å²) in [5, 5.41) is 20.7. The molecule has 10 heteroatoms. The van der Waals surface area contributed by atoms with Gasteiger partial charge in [-0.25, -0.2) is 9.48 Å². The van der Waals surface area contributed by atoms with Crippen molar-refractivity contribution in [2.75, 3.05) is 0 Å². The Hall–Kier alpha value is -2.26. The Morgan fingerprint density at radius 2 is 2.33 bits per heavy atom. The highest BCUT2D eigenvalue weighted by atomic mass is 79.9. The summed E-state index contributed by atoms with van der Waals surface area (Å²) in [6, 6.07) is 0.673. The van der Waals surface area contributed by atoms with Crippen LogP contribution < -0.4 is 5.56 Å². The molecule has 142 valence electrons. The number of halogens is 2. The standard InChI is InChI=1S/C17H17BrClN5O3/c1-10(7-11(19)3-2-6-23-9-20-21-22-23)12-8-15(25)24-13(16(12)18)4-5-14(24)17(26)27/h2-3,7-10,14H,4-6H2,1H3,(H,26,27). The van der Waals surface area contributed by atoms with Crippen LogP contribution in [-0.4, -0.2) is 35.9 Å². The highest BCUT2D eigenvalue weighted by Gasteiger charge is 2.31. The number of aliphatic carboxylic acids is 1. The van der Waals surface area contributed by atoms with Crippen molar-refractivity contribution in [3.8, 4) is 0 Å². The maximum atomic E-state index is 12.5. The number of nitrogens with zero attached hydrogens (tertiary/aromatic N) is 5. The molecule has 2 aromatic heterocycles. The summed E-state index contributed by atoms with van der Waals surface area (Å²) in [4.78, 5) is 23.8. The molecule has 2 unspecified atom stereocenters. The van der Waals surface area contributed by atoms with E-state index < -0.39 is 12.0 Å². The van der Waals surface area contributed by atoms with E-state index in [0.29, 0.717) is 24.4 Å². The van der Waals surface area contributed by atoms with Gasteiger partial charge in [0.05, 0.1) is 6.54 Å². The van der Waals surface area contributed by atoms with Crippen molar-refractivity contribution in [1.82, 2.24) is 24.8 Å². The molecule has 1 N–H and O–H groups in total. The predicted molar refractivity (Wildman–Crippen MR) is 103 cm³/mol. The van der Waals surface area contributed by atoms with Gasteiger partial charge in [0.2, 0.25) is 0 Å². The van der Waals surface area contributed by atoms with E-state index in [1.807, 2.05) is 19.1 Å². The van der Waals surface area contributed by atoms with E-state index in [2.05, 4.69) is 31.5 Å². The van der Waals surface area contributed by atoms with Gasteiger partial charge in [0, 0.05) is 27.2 Å². The van der Waals surface area contributed by atoms with E-state index in [4.69, 9.17) is 11.6 Å². The SMILES string of the molecule is CC(C=C(Cl)C=CCn1cnnn1)c1cc(=O)n2c(c1Br)CCC2C(=O)O. The smallest absolute Gasteiger partial charge is 0.326 e. The average molecular weight is 455 g/mol. The lowest BCUT2D eigenvalue weighted by Gasteiger charge is -2.16. The lowest BCUT2D eigenvalue weighted by molar-refractivity contribution is -0.140. The second-order valence-corrected chi connectivity index (χ2v) is 7.47. The first kappa shape index (κ1) is 19.5. The number of carbonyl (C=O) groups is 1. The Morgan fingerprint density at radius 3 is 3.00 bits per heavy atom. The second-order valence-electron chi connectivity index (χ2n) is 6.24. The van der Waals surface area contributed by atoms with Crippen LogP contribution in [0.3, 0.4) is 0 Å². The van der Waals surface area contributed by atoms with E-state index in [1.165, 1.54) is 17.0 Å². The molecule has 8 nitrogen and oxygen atoms in total. The zero-order chi connectivity index (χ0) is 19.6. The van der Waals surface area contributed by atoms with E-state index >= 15 is 0 Å². The van der Waals surface area contributed by atoms with E-state index in [1.54, 1.807) is 10.8 Å². The Kier molecular flexibility index (Phi) is 5.91. The van der Waals surface area contributed by atoms with Gasteiger partial charge in [-0.1, -0.05) is 30.7 Å². The van der Waals surface area contributed by atoms with Crippen molar-refractivity contribution in [3.05, 3.63) is 61.7 Å². The quantitative estimate of drug-likeness (QED) is 0.673. The third-order valence-electron chi connectivity index (χ3n) is 4.43. The van der Waals surface area contributed by atoms with Crippen LogP contribution in [0.25, 0.3) is 0 Å². The van der Waals surface area contributed by atoms with E-state index in [9.17, 15) is 14.7 Å². The topological polar surface area (TPSA) is 103 Å². The van der Waals surface area contributed by atoms with Gasteiger partial charge in [-0.2, -0.15) is 0 Å². The molecule has 3 heterocycles. The van der Waals surface area contributed by atoms with Gasteiger partial charge >= 0.3 is 5.97 Å². The summed E-state index contributed by atoms with van der Waals surface area (Å²) >= 11 is 9.82. The van der Waals surface area contributed by atoms with Crippen LogP contribution in [0.5, 0.6) is 0 Å². The Labute approximate surface area is 168 Å². The molecule has 0 fully saturated rings. The molecule has 0 amide bonds. The molecule has 27 heavy (non-hydrogen) atoms. The zero-order valence-electron chi connectivity index (χ0n) is 14.4. The molecular weight excluding hydrogens is 438 g/mol. The van der Waals surface area contributed by atoms with Crippen LogP contribution in [0.1, 0.15) is 36.6 Å². The first-order valence-corrected chi connectivity index (χ1v) is 9.46. The zero-order valence-corrected chi connectivity index (χ0v) is 16.8. The molecule has 0 saturated heterocycles. The molecular formula is C17H17BrClN5O3. The minimum Gasteiger partial charge on any atom is -0.480 e. The molecule has 2 atom stereocenters. The number of carboxylic acid groups (broad SMARTS) is 1. The van der Waals surface area contributed by atoms with Crippen LogP contribution in [0, 0.1) is 0 Å². The number of pyridine rings is 1. The normalized spacial score (nSPS) is 18.0. The van der Waals surface area contributed by atoms with Crippen molar-refractivity contribution in [2.24, 2.45) is 0 Å². The second kappa shape index (κ2) is 8.18. The molecule has 1 aliphatic heterocycles. The average Bonchev–Trinajstić information content (AvgIpc) is 3.27. The number of hydrogen-bond acceptors (Lipinski definition) is 5. The number of aromatic nitrogens is 5. The van der Waals surface area contributed by atoms with Gasteiger partial charge in [-0.3, -0.25) is 9.36 Å². The number of tetrazole rings is 1. The predicted octanol–water partition coefficient (Wildman–Crippen LogP) is 2.65. The number of fused-ring (bicyclic) bond motifs is 1. The highest BCUT2D eigenvalue weighted by molar-refractivity contribution is 9.10. The maximum absolute atomic E-state index is 12.5. The lowest BCUT2D eigenvalue weighted by atomic mass is 10.0. The van der Waals surface area contributed by atoms with Crippen LogP contribution in [0.2, 0.25) is 0 Å². The van der Waals surface area contributed by atoms with Gasteiger partial charge in [0.25, 0.3) is 5.56 Å². The third-order valence-corrected chi connectivity index (χ3v) is 5.59. The number of allylic oxidation sites excluding steroid dienone is 4. The van der Waals surface area contributed by atoms with Crippen molar-refractivity contribution in [3.63, 3.8) is 0 Å². The molecule has 0 spiro atoms. The summed E-state index contributed by atoms with van der Waals surface area (Å²) in [6.07, 6.45) is 7.86. The lowest BCUT2D eigenvalue weighted by Crippen LogP contribution is -2.28. The van der Waals surface area contributed by atoms with Gasteiger partial charge in [-0.05, 0) is 50.8 Å². The van der Waals surface area contributed by atoms with E-state index in [0.717, 1.165) is 15.7 Å². The Morgan fingerprint density at radius 1 is 1.56 bits per heavy atom. The minimum absolute atomic E-state index is 0.132. The molecule has 0 aromatic carbocycles. The van der Waals surface area contributed by atoms with Gasteiger partial charge in [0.15, 0.2) is 0 Å². The van der Waals surface area contributed by atoms with Crippen molar-refractivity contribution in [2.45, 2.75) is 38.3 Å². The molecule has 2 aromatic rings. The Balaban J connectivity index is 1.82. The monoisotopic (exact) mass is 453 g/mol. The summed E-state index contributed by atoms with van der Waals surface area (Å²) in [5.74, 6) is -1.12. The summed E-state index contributed by atoms with van der Waals surface area (Å²) in [7, 11) is 0. The number of carboxylic acids is 1. The largest absolute Gasteiger partial charge is 0.480 e. The van der Waals surface area contributed by atoms with Gasteiger partial charge < -0.3 is 5.11 Å². The fourth-order valence-electron chi connectivity index (χ4n) is 3.13. The molecule has 0 saturated carbocycles. The van der Waals surface area contributed by atoms with Crippen LogP contribution in [0.4, 0.5) is 0 Å². The van der Waals surface area contributed by atoms with Crippen molar-refractivity contribution in [1.29, 1.82) is 0 Å². The highest BCUT2D eigenvalue weighted by Crippen LogP contribution is 2.35. The maximum Gasteiger partial charge on any atom is 0.326 e. The molecule has 0 aliphatic carbocycles. The first-order chi connectivity index (χ1) is 12.9. The Bertz CT molecular complexity index is 968. The summed E-state index contributed by atoms with van der Waals surface area (Å²) in [6.45, 7) is 2.42. The van der Waals surface area contributed by atoms with E-state index in [-0.39, 0.29) is 11.5 Å². The summed E-state index contributed by atoms with van der Waals surface area (Å²) in [5.41, 5.74) is 1.19. The molecule has 0 bridgehead atoms. The van der Waals surface area contributed by atoms with Crippen LogP contribution in [0.15, 0.2) is 44.9 Å². The first-order valence-electron chi connectivity index (χ1n) is 8.29. The van der Waals surface area contributed by atoms with Crippen LogP contribution >= 0.6 is 27.5 Å². The molecule has 0 radical (unpaired) electrons. The van der Waals surface area contributed by atoms with Crippen molar-refractivity contribution < 1.29 is 9.90 Å². The molecule has 1 aliphatic rings. The van der Waals surface area contributed by atoms with Crippen LogP contribution in [-0.2, 0) is 17.8 Å². The van der Waals surface area contributed by atoms with Gasteiger partial charge in [-0.15, -0.1) is 5.10 Å². The number of hydrogen-bond donors (Lipinski definition) is 1.